The lowest BCUT2D eigenvalue weighted by Gasteiger charge is -2.05. The molecule has 7 heteroatoms. The first-order valence-electron chi connectivity index (χ1n) is 5.27. The molecule has 1 aromatic heterocycles. The maximum atomic E-state index is 10.8. The summed E-state index contributed by atoms with van der Waals surface area (Å²) in [4.78, 5) is 10.8. The Hall–Kier alpha value is -1.63. The van der Waals surface area contributed by atoms with Crippen molar-refractivity contribution in [1.29, 1.82) is 0 Å². The van der Waals surface area contributed by atoms with E-state index in [-0.39, 0.29) is 6.01 Å². The fourth-order valence-corrected chi connectivity index (χ4v) is 1.16. The number of nitrogens with zero attached hydrogens (tertiary/aromatic N) is 2. The third-order valence-corrected chi connectivity index (χ3v) is 2.35. The van der Waals surface area contributed by atoms with Crippen molar-refractivity contribution >= 4 is 11.9 Å². The van der Waals surface area contributed by atoms with Crippen LogP contribution in [-0.2, 0) is 11.3 Å². The second-order valence-corrected chi connectivity index (χ2v) is 3.92. The predicted octanol–water partition coefficient (Wildman–Crippen LogP) is -0.393. The van der Waals surface area contributed by atoms with Crippen molar-refractivity contribution in [1.82, 2.24) is 15.5 Å². The number of anilines is 1. The highest BCUT2D eigenvalue weighted by Crippen LogP contribution is 2.19. The van der Waals surface area contributed by atoms with Gasteiger partial charge in [0.05, 0.1) is 6.54 Å². The molecule has 88 valence electrons. The first-order valence-corrected chi connectivity index (χ1v) is 5.27. The maximum absolute atomic E-state index is 10.8. The summed E-state index contributed by atoms with van der Waals surface area (Å²) >= 11 is 0. The third-order valence-electron chi connectivity index (χ3n) is 2.35. The summed E-state index contributed by atoms with van der Waals surface area (Å²) in [5.74, 6) is 0.0434. The molecule has 1 amide bonds. The first-order chi connectivity index (χ1) is 7.65. The van der Waals surface area contributed by atoms with Crippen LogP contribution in [0.15, 0.2) is 4.42 Å². The molecule has 1 heterocycles. The Balaban J connectivity index is 1.83. The number of carbonyl (C=O) groups is 1. The van der Waals surface area contributed by atoms with Crippen molar-refractivity contribution in [3.63, 3.8) is 0 Å². The van der Waals surface area contributed by atoms with Gasteiger partial charge in [-0.1, -0.05) is 5.10 Å². The van der Waals surface area contributed by atoms with Crippen molar-refractivity contribution in [3.8, 4) is 0 Å². The van der Waals surface area contributed by atoms with E-state index in [0.29, 0.717) is 18.5 Å². The van der Waals surface area contributed by atoms with Crippen LogP contribution in [0, 0.1) is 0 Å². The number of rotatable bonds is 6. The molecule has 0 aliphatic heterocycles. The zero-order valence-electron chi connectivity index (χ0n) is 9.06. The quantitative estimate of drug-likeness (QED) is 0.608. The Morgan fingerprint density at radius 1 is 1.62 bits per heavy atom. The van der Waals surface area contributed by atoms with E-state index >= 15 is 0 Å². The number of amides is 1. The summed E-state index contributed by atoms with van der Waals surface area (Å²) in [7, 11) is 0. The lowest BCUT2D eigenvalue weighted by atomic mass is 10.3. The van der Waals surface area contributed by atoms with Gasteiger partial charge in [0.1, 0.15) is 6.04 Å². The predicted molar refractivity (Wildman–Crippen MR) is 56.4 cm³/mol. The third kappa shape index (κ3) is 2.93. The van der Waals surface area contributed by atoms with E-state index in [1.54, 1.807) is 6.92 Å². The topological polar surface area (TPSA) is 106 Å². The molecule has 1 atom stereocenters. The van der Waals surface area contributed by atoms with Gasteiger partial charge in [-0.05, 0) is 19.8 Å². The standard InChI is InChI=1S/C9H15N5O2/c1-5(8(10)15)12-9-14-13-7(16-9)4-11-6-2-3-6/h5-6,11H,2-4H2,1H3,(H2,10,15)(H,12,14). The van der Waals surface area contributed by atoms with Gasteiger partial charge in [-0.15, -0.1) is 5.10 Å². The number of hydrogen-bond acceptors (Lipinski definition) is 6. The van der Waals surface area contributed by atoms with Gasteiger partial charge < -0.3 is 20.8 Å². The summed E-state index contributed by atoms with van der Waals surface area (Å²) in [6, 6.07) is 0.288. The van der Waals surface area contributed by atoms with Crippen LogP contribution >= 0.6 is 0 Å². The summed E-state index contributed by atoms with van der Waals surface area (Å²) in [5.41, 5.74) is 5.09. The van der Waals surface area contributed by atoms with E-state index in [0.717, 1.165) is 0 Å². The minimum absolute atomic E-state index is 0.221. The molecule has 1 aliphatic rings. The number of primary amides is 1. The lowest BCUT2D eigenvalue weighted by molar-refractivity contribution is -0.118. The average molecular weight is 225 g/mol. The molecular formula is C9H15N5O2. The lowest BCUT2D eigenvalue weighted by Crippen LogP contribution is -2.32. The second kappa shape index (κ2) is 4.48. The van der Waals surface area contributed by atoms with E-state index in [1.807, 2.05) is 0 Å². The fourth-order valence-electron chi connectivity index (χ4n) is 1.16. The fraction of sp³-hybridized carbons (Fsp3) is 0.667. The summed E-state index contributed by atoms with van der Waals surface area (Å²) in [6.07, 6.45) is 2.41. The van der Waals surface area contributed by atoms with Crippen molar-refractivity contribution in [2.24, 2.45) is 5.73 Å². The summed E-state index contributed by atoms with van der Waals surface area (Å²) in [6.45, 7) is 2.19. The van der Waals surface area contributed by atoms with Gasteiger partial charge in [-0.25, -0.2) is 0 Å². The van der Waals surface area contributed by atoms with Gasteiger partial charge in [-0.3, -0.25) is 4.79 Å². The van der Waals surface area contributed by atoms with Crippen molar-refractivity contribution in [2.45, 2.75) is 38.4 Å². The van der Waals surface area contributed by atoms with E-state index in [9.17, 15) is 4.79 Å². The van der Waals surface area contributed by atoms with E-state index in [2.05, 4.69) is 20.8 Å². The molecule has 1 fully saturated rings. The molecule has 0 saturated heterocycles. The van der Waals surface area contributed by atoms with Crippen LogP contribution in [0.1, 0.15) is 25.7 Å². The van der Waals surface area contributed by atoms with Crippen molar-refractivity contribution < 1.29 is 9.21 Å². The smallest absolute Gasteiger partial charge is 0.316 e. The Kier molecular flexibility index (Phi) is 3.04. The molecular weight excluding hydrogens is 210 g/mol. The second-order valence-electron chi connectivity index (χ2n) is 3.92. The molecule has 1 aliphatic carbocycles. The highest BCUT2D eigenvalue weighted by molar-refractivity contribution is 5.81. The van der Waals surface area contributed by atoms with Crippen LogP contribution in [0.25, 0.3) is 0 Å². The maximum Gasteiger partial charge on any atom is 0.316 e. The largest absolute Gasteiger partial charge is 0.407 e. The SMILES string of the molecule is CC(Nc1nnc(CNC2CC2)o1)C(N)=O. The van der Waals surface area contributed by atoms with E-state index in [1.165, 1.54) is 12.8 Å². The molecule has 1 aromatic rings. The number of nitrogens with two attached hydrogens (primary N) is 1. The van der Waals surface area contributed by atoms with Gasteiger partial charge in [0.2, 0.25) is 11.8 Å². The van der Waals surface area contributed by atoms with Crippen molar-refractivity contribution in [3.05, 3.63) is 5.89 Å². The Bertz CT molecular complexity index is 374. The molecule has 0 bridgehead atoms. The van der Waals surface area contributed by atoms with Gasteiger partial charge in [0.15, 0.2) is 0 Å². The highest BCUT2D eigenvalue weighted by atomic mass is 16.4. The van der Waals surface area contributed by atoms with Gasteiger partial charge in [-0.2, -0.15) is 0 Å². The highest BCUT2D eigenvalue weighted by Gasteiger charge is 2.21. The average Bonchev–Trinajstić information content (AvgIpc) is 2.97. The normalized spacial score (nSPS) is 17.1. The molecule has 0 aromatic carbocycles. The Morgan fingerprint density at radius 3 is 3.00 bits per heavy atom. The van der Waals surface area contributed by atoms with Crippen LogP contribution in [0.4, 0.5) is 6.01 Å². The van der Waals surface area contributed by atoms with Crippen LogP contribution < -0.4 is 16.4 Å². The van der Waals surface area contributed by atoms with Gasteiger partial charge in [0, 0.05) is 6.04 Å². The molecule has 1 saturated carbocycles. The molecule has 4 N–H and O–H groups in total. The summed E-state index contributed by atoms with van der Waals surface area (Å²) in [5, 5.41) is 13.6. The molecule has 16 heavy (non-hydrogen) atoms. The van der Waals surface area contributed by atoms with E-state index in [4.69, 9.17) is 10.2 Å². The monoisotopic (exact) mass is 225 g/mol. The summed E-state index contributed by atoms with van der Waals surface area (Å²) < 4.78 is 5.28. The van der Waals surface area contributed by atoms with Gasteiger partial charge in [0.25, 0.3) is 0 Å². The first kappa shape index (κ1) is 10.9. The number of aromatic nitrogens is 2. The number of nitrogens with one attached hydrogen (secondary N) is 2. The number of carbonyl (C=O) groups excluding carboxylic acids is 1. The van der Waals surface area contributed by atoms with Crippen LogP contribution in [0.5, 0.6) is 0 Å². The molecule has 7 nitrogen and oxygen atoms in total. The minimum atomic E-state index is -0.523. The molecule has 2 rings (SSSR count). The van der Waals surface area contributed by atoms with Crippen LogP contribution in [0.2, 0.25) is 0 Å². The van der Waals surface area contributed by atoms with Crippen molar-refractivity contribution in [2.75, 3.05) is 5.32 Å². The minimum Gasteiger partial charge on any atom is -0.407 e. The van der Waals surface area contributed by atoms with Crippen LogP contribution in [0.3, 0.4) is 0 Å². The molecule has 0 radical (unpaired) electrons. The Labute approximate surface area is 92.8 Å². The zero-order chi connectivity index (χ0) is 11.5. The number of hydrogen-bond donors (Lipinski definition) is 3. The molecule has 1 unspecified atom stereocenters. The van der Waals surface area contributed by atoms with Crippen LogP contribution in [-0.4, -0.2) is 28.2 Å². The van der Waals surface area contributed by atoms with E-state index < -0.39 is 11.9 Å². The zero-order valence-corrected chi connectivity index (χ0v) is 9.06. The molecule has 0 spiro atoms. The van der Waals surface area contributed by atoms with Gasteiger partial charge >= 0.3 is 6.01 Å². The Morgan fingerprint density at radius 2 is 2.38 bits per heavy atom.